The largest absolute Gasteiger partial charge is 0.494 e. The maximum absolute atomic E-state index is 13.2. The molecule has 6 nitrogen and oxygen atoms in total. The lowest BCUT2D eigenvalue weighted by Gasteiger charge is -2.34. The van der Waals surface area contributed by atoms with Crippen molar-refractivity contribution in [2.45, 2.75) is 5.92 Å². The van der Waals surface area contributed by atoms with Crippen molar-refractivity contribution in [1.82, 2.24) is 15.2 Å². The molecule has 0 unspecified atom stereocenters. The highest BCUT2D eigenvalue weighted by atomic mass is 32.1. The second kappa shape index (κ2) is 10.9. The van der Waals surface area contributed by atoms with E-state index in [1.54, 1.807) is 18.4 Å². The first-order valence-electron chi connectivity index (χ1n) is 12.0. The minimum Gasteiger partial charge on any atom is -0.494 e. The summed E-state index contributed by atoms with van der Waals surface area (Å²) in [4.78, 5) is 22.8. The molecule has 1 aromatic heterocycles. The molecule has 0 radical (unpaired) electrons. The number of piperazine rings is 1. The van der Waals surface area contributed by atoms with Crippen LogP contribution in [0.3, 0.4) is 0 Å². The number of carbonyl (C=O) groups is 1. The number of carbonyl (C=O) groups excluding carboxylic acids is 1. The van der Waals surface area contributed by atoms with Gasteiger partial charge in [0.1, 0.15) is 11.3 Å². The Kier molecular flexibility index (Phi) is 7.25. The molecule has 2 heterocycles. The SMILES string of the molecule is COc1cccc2sc(N3CCN(CCNC(=O)C(c4ccccc4)c4ccccc4)CC3)nc12. The number of aromatic nitrogens is 1. The van der Waals surface area contributed by atoms with E-state index in [4.69, 9.17) is 9.72 Å². The number of fused-ring (bicyclic) bond motifs is 1. The minimum atomic E-state index is -0.301. The molecule has 0 bridgehead atoms. The third-order valence-corrected chi connectivity index (χ3v) is 7.57. The highest BCUT2D eigenvalue weighted by molar-refractivity contribution is 7.22. The van der Waals surface area contributed by atoms with Gasteiger partial charge in [0.2, 0.25) is 5.91 Å². The molecule has 1 aliphatic rings. The zero-order valence-corrected chi connectivity index (χ0v) is 20.7. The lowest BCUT2D eigenvalue weighted by atomic mass is 9.90. The molecular weight excluding hydrogens is 456 g/mol. The maximum atomic E-state index is 13.2. The Hall–Kier alpha value is -3.42. The molecule has 35 heavy (non-hydrogen) atoms. The molecule has 3 aromatic carbocycles. The molecule has 1 amide bonds. The van der Waals surface area contributed by atoms with Crippen LogP contribution in [0.25, 0.3) is 10.2 Å². The standard InChI is InChI=1S/C28H30N4O2S/c1-34-23-13-8-14-24-26(23)30-28(35-24)32-19-17-31(18-20-32)16-15-29-27(33)25(21-9-4-2-5-10-21)22-11-6-3-7-12-22/h2-14,25H,15-20H2,1H3,(H,29,33). The quantitative estimate of drug-likeness (QED) is 0.401. The van der Waals surface area contributed by atoms with Crippen LogP contribution in [0.1, 0.15) is 17.0 Å². The van der Waals surface area contributed by atoms with E-state index in [2.05, 4.69) is 21.2 Å². The fourth-order valence-corrected chi connectivity index (χ4v) is 5.63. The van der Waals surface area contributed by atoms with Crippen LogP contribution >= 0.6 is 11.3 Å². The fraction of sp³-hybridized carbons (Fsp3) is 0.286. The summed E-state index contributed by atoms with van der Waals surface area (Å²) in [5.41, 5.74) is 2.96. The van der Waals surface area contributed by atoms with Crippen molar-refractivity contribution in [1.29, 1.82) is 0 Å². The Morgan fingerprint density at radius 2 is 1.60 bits per heavy atom. The van der Waals surface area contributed by atoms with E-state index in [1.165, 1.54) is 0 Å². The molecule has 1 saturated heterocycles. The van der Waals surface area contributed by atoms with Crippen LogP contribution in [-0.2, 0) is 4.79 Å². The van der Waals surface area contributed by atoms with Gasteiger partial charge in [0.15, 0.2) is 5.13 Å². The Morgan fingerprint density at radius 1 is 0.943 bits per heavy atom. The van der Waals surface area contributed by atoms with E-state index in [-0.39, 0.29) is 11.8 Å². The third-order valence-electron chi connectivity index (χ3n) is 6.49. The van der Waals surface area contributed by atoms with Crippen LogP contribution in [0, 0.1) is 0 Å². The average molecular weight is 487 g/mol. The Labute approximate surface area is 210 Å². The summed E-state index contributed by atoms with van der Waals surface area (Å²) >= 11 is 1.71. The number of hydrogen-bond acceptors (Lipinski definition) is 6. The highest BCUT2D eigenvalue weighted by Gasteiger charge is 2.24. The molecule has 1 aliphatic heterocycles. The number of benzene rings is 3. The van der Waals surface area contributed by atoms with E-state index in [9.17, 15) is 4.79 Å². The van der Waals surface area contributed by atoms with Gasteiger partial charge in [0, 0.05) is 39.3 Å². The molecule has 1 N–H and O–H groups in total. The first-order chi connectivity index (χ1) is 17.2. The van der Waals surface area contributed by atoms with Crippen LogP contribution in [-0.4, -0.2) is 62.2 Å². The van der Waals surface area contributed by atoms with Gasteiger partial charge in [0.25, 0.3) is 0 Å². The fourth-order valence-electron chi connectivity index (χ4n) is 4.60. The van der Waals surface area contributed by atoms with E-state index in [0.717, 1.165) is 64.9 Å². The number of methoxy groups -OCH3 is 1. The molecule has 1 fully saturated rings. The van der Waals surface area contributed by atoms with Crippen LogP contribution in [0.15, 0.2) is 78.9 Å². The van der Waals surface area contributed by atoms with Gasteiger partial charge in [-0.15, -0.1) is 0 Å². The van der Waals surface area contributed by atoms with Crippen LogP contribution in [0.4, 0.5) is 5.13 Å². The van der Waals surface area contributed by atoms with E-state index in [1.807, 2.05) is 72.8 Å². The molecule has 0 spiro atoms. The van der Waals surface area contributed by atoms with Crippen molar-refractivity contribution in [2.75, 3.05) is 51.3 Å². The van der Waals surface area contributed by atoms with Crippen molar-refractivity contribution in [3.63, 3.8) is 0 Å². The molecule has 180 valence electrons. The maximum Gasteiger partial charge on any atom is 0.232 e. The number of para-hydroxylation sites is 1. The summed E-state index contributed by atoms with van der Waals surface area (Å²) < 4.78 is 6.61. The number of anilines is 1. The third kappa shape index (κ3) is 5.31. The number of amides is 1. The first kappa shape index (κ1) is 23.3. The minimum absolute atomic E-state index is 0.0458. The van der Waals surface area contributed by atoms with Gasteiger partial charge in [-0.3, -0.25) is 9.69 Å². The number of ether oxygens (including phenoxy) is 1. The number of nitrogens with one attached hydrogen (secondary N) is 1. The lowest BCUT2D eigenvalue weighted by Crippen LogP contribution is -2.48. The molecule has 0 saturated carbocycles. The predicted molar refractivity (Wildman–Crippen MR) is 143 cm³/mol. The summed E-state index contributed by atoms with van der Waals surface area (Å²) in [7, 11) is 1.69. The summed E-state index contributed by atoms with van der Waals surface area (Å²) in [6, 6.07) is 26.0. The zero-order valence-electron chi connectivity index (χ0n) is 19.9. The van der Waals surface area contributed by atoms with Gasteiger partial charge >= 0.3 is 0 Å². The lowest BCUT2D eigenvalue weighted by molar-refractivity contribution is -0.121. The summed E-state index contributed by atoms with van der Waals surface area (Å²) in [5.74, 6) is 0.568. The number of nitrogens with zero attached hydrogens (tertiary/aromatic N) is 3. The summed E-state index contributed by atoms with van der Waals surface area (Å²) in [6.07, 6.45) is 0. The highest BCUT2D eigenvalue weighted by Crippen LogP contribution is 2.34. The van der Waals surface area contributed by atoms with E-state index < -0.39 is 0 Å². The van der Waals surface area contributed by atoms with Crippen molar-refractivity contribution in [3.05, 3.63) is 90.0 Å². The van der Waals surface area contributed by atoms with E-state index >= 15 is 0 Å². The molecule has 0 aliphatic carbocycles. The Balaban J connectivity index is 1.15. The number of hydrogen-bond donors (Lipinski definition) is 1. The second-order valence-corrected chi connectivity index (χ2v) is 9.69. The monoisotopic (exact) mass is 486 g/mol. The molecule has 5 rings (SSSR count). The van der Waals surface area contributed by atoms with Crippen molar-refractivity contribution in [3.8, 4) is 5.75 Å². The average Bonchev–Trinajstić information content (AvgIpc) is 3.35. The van der Waals surface area contributed by atoms with Crippen molar-refractivity contribution in [2.24, 2.45) is 0 Å². The van der Waals surface area contributed by atoms with Crippen LogP contribution in [0.2, 0.25) is 0 Å². The Bertz CT molecular complexity index is 1210. The van der Waals surface area contributed by atoms with Gasteiger partial charge in [-0.1, -0.05) is 78.1 Å². The Morgan fingerprint density at radius 3 is 2.23 bits per heavy atom. The summed E-state index contributed by atoms with van der Waals surface area (Å²) in [5, 5.41) is 4.23. The summed E-state index contributed by atoms with van der Waals surface area (Å²) in [6.45, 7) is 5.21. The van der Waals surface area contributed by atoms with Crippen LogP contribution in [0.5, 0.6) is 5.75 Å². The zero-order chi connectivity index (χ0) is 24.0. The van der Waals surface area contributed by atoms with Gasteiger partial charge in [-0.25, -0.2) is 4.98 Å². The van der Waals surface area contributed by atoms with Gasteiger partial charge in [-0.05, 0) is 23.3 Å². The van der Waals surface area contributed by atoms with Crippen molar-refractivity contribution < 1.29 is 9.53 Å². The predicted octanol–water partition coefficient (Wildman–Crippen LogP) is 4.38. The van der Waals surface area contributed by atoms with Gasteiger partial charge in [-0.2, -0.15) is 0 Å². The van der Waals surface area contributed by atoms with Gasteiger partial charge in [0.05, 0.1) is 17.7 Å². The molecule has 4 aromatic rings. The van der Waals surface area contributed by atoms with Crippen LogP contribution < -0.4 is 15.0 Å². The topological polar surface area (TPSA) is 57.7 Å². The van der Waals surface area contributed by atoms with Crippen molar-refractivity contribution >= 4 is 32.6 Å². The smallest absolute Gasteiger partial charge is 0.232 e. The van der Waals surface area contributed by atoms with Gasteiger partial charge < -0.3 is 15.0 Å². The molecule has 7 heteroatoms. The molecule has 0 atom stereocenters. The first-order valence-corrected chi connectivity index (χ1v) is 12.8. The number of thiazole rings is 1. The molecular formula is C28H30N4O2S. The normalized spacial score (nSPS) is 14.4. The second-order valence-electron chi connectivity index (χ2n) is 8.68. The van der Waals surface area contributed by atoms with E-state index in [0.29, 0.717) is 6.54 Å². The number of rotatable bonds is 8.